The minimum absolute atomic E-state index is 0.0385. The Hall–Kier alpha value is -2.47. The minimum Gasteiger partial charge on any atom is -0.326 e. The average Bonchev–Trinajstić information content (AvgIpc) is 2.53. The lowest BCUT2D eigenvalue weighted by atomic mass is 10.1. The fourth-order valence-corrected chi connectivity index (χ4v) is 2.69. The normalized spacial score (nSPS) is 11.0. The van der Waals surface area contributed by atoms with Gasteiger partial charge >= 0.3 is 0 Å². The molecular formula is C17H17NO4S. The number of amides is 1. The van der Waals surface area contributed by atoms with Crippen molar-refractivity contribution in [2.75, 3.05) is 11.6 Å². The third-order valence-corrected chi connectivity index (χ3v) is 4.33. The second-order valence-electron chi connectivity index (χ2n) is 5.14. The lowest BCUT2D eigenvalue weighted by Gasteiger charge is -2.06. The van der Waals surface area contributed by atoms with Gasteiger partial charge in [0.2, 0.25) is 5.91 Å². The zero-order valence-electron chi connectivity index (χ0n) is 12.7. The highest BCUT2D eigenvalue weighted by atomic mass is 32.2. The van der Waals surface area contributed by atoms with E-state index in [0.29, 0.717) is 11.3 Å². The Labute approximate surface area is 135 Å². The molecule has 0 aliphatic rings. The zero-order valence-corrected chi connectivity index (χ0v) is 13.5. The van der Waals surface area contributed by atoms with E-state index in [9.17, 15) is 18.0 Å². The van der Waals surface area contributed by atoms with Crippen molar-refractivity contribution in [1.29, 1.82) is 0 Å². The number of benzene rings is 2. The van der Waals surface area contributed by atoms with Crippen molar-refractivity contribution in [1.82, 2.24) is 0 Å². The van der Waals surface area contributed by atoms with Crippen LogP contribution in [-0.4, -0.2) is 26.4 Å². The fraction of sp³-hybridized carbons (Fsp3) is 0.176. The predicted octanol–water partition coefficient (Wildman–Crippen LogP) is 2.69. The standard InChI is InChI=1S/C17H17NO4S/c1-23(21,22)15-9-5-8-14(12-15)18-17(20)11-10-16(19)13-6-3-2-4-7-13/h2-9,12H,10-11H2,1H3,(H,18,20). The molecule has 23 heavy (non-hydrogen) atoms. The van der Waals surface area contributed by atoms with Crippen molar-refractivity contribution in [2.45, 2.75) is 17.7 Å². The van der Waals surface area contributed by atoms with Crippen LogP contribution in [0.5, 0.6) is 0 Å². The summed E-state index contributed by atoms with van der Waals surface area (Å²) in [5, 5.41) is 2.61. The van der Waals surface area contributed by atoms with E-state index in [-0.39, 0.29) is 29.4 Å². The molecule has 0 unspecified atom stereocenters. The Kier molecular flexibility index (Phi) is 5.28. The van der Waals surface area contributed by atoms with E-state index in [0.717, 1.165) is 6.26 Å². The van der Waals surface area contributed by atoms with Crippen LogP contribution in [-0.2, 0) is 14.6 Å². The van der Waals surface area contributed by atoms with Crippen molar-refractivity contribution in [3.8, 4) is 0 Å². The molecule has 120 valence electrons. The third kappa shape index (κ3) is 5.03. The molecule has 0 heterocycles. The van der Waals surface area contributed by atoms with Gasteiger partial charge in [0, 0.05) is 30.3 Å². The highest BCUT2D eigenvalue weighted by Crippen LogP contribution is 2.16. The van der Waals surface area contributed by atoms with Gasteiger partial charge in [-0.3, -0.25) is 9.59 Å². The monoisotopic (exact) mass is 331 g/mol. The maximum atomic E-state index is 11.9. The topological polar surface area (TPSA) is 80.3 Å². The fourth-order valence-electron chi connectivity index (χ4n) is 2.02. The number of hydrogen-bond acceptors (Lipinski definition) is 4. The van der Waals surface area contributed by atoms with Gasteiger partial charge in [0.25, 0.3) is 0 Å². The third-order valence-electron chi connectivity index (χ3n) is 3.22. The molecule has 2 aromatic carbocycles. The molecule has 0 saturated heterocycles. The molecular weight excluding hydrogens is 314 g/mol. The molecule has 0 aliphatic carbocycles. The van der Waals surface area contributed by atoms with Crippen molar-refractivity contribution in [3.63, 3.8) is 0 Å². The Morgan fingerprint density at radius 1 is 0.957 bits per heavy atom. The molecule has 1 amide bonds. The number of anilines is 1. The number of hydrogen-bond donors (Lipinski definition) is 1. The highest BCUT2D eigenvalue weighted by molar-refractivity contribution is 7.90. The van der Waals surface area contributed by atoms with Crippen LogP contribution in [0.15, 0.2) is 59.5 Å². The maximum absolute atomic E-state index is 11.9. The number of carbonyl (C=O) groups excluding carboxylic acids is 2. The molecule has 5 nitrogen and oxygen atoms in total. The summed E-state index contributed by atoms with van der Waals surface area (Å²) in [6.07, 6.45) is 1.24. The van der Waals surface area contributed by atoms with Gasteiger partial charge in [-0.15, -0.1) is 0 Å². The van der Waals surface area contributed by atoms with Crippen LogP contribution >= 0.6 is 0 Å². The molecule has 0 fully saturated rings. The van der Waals surface area contributed by atoms with Crippen LogP contribution in [0.1, 0.15) is 23.2 Å². The molecule has 0 aliphatic heterocycles. The van der Waals surface area contributed by atoms with Crippen molar-refractivity contribution in [3.05, 3.63) is 60.2 Å². The Bertz CT molecular complexity index is 813. The predicted molar refractivity (Wildman–Crippen MR) is 88.2 cm³/mol. The first-order chi connectivity index (χ1) is 10.9. The summed E-state index contributed by atoms with van der Waals surface area (Å²) in [5.41, 5.74) is 0.962. The van der Waals surface area contributed by atoms with Gasteiger partial charge in [0.15, 0.2) is 15.6 Å². The highest BCUT2D eigenvalue weighted by Gasteiger charge is 2.11. The van der Waals surface area contributed by atoms with Crippen LogP contribution in [0.25, 0.3) is 0 Å². The first-order valence-corrected chi connectivity index (χ1v) is 8.93. The molecule has 0 atom stereocenters. The first-order valence-electron chi connectivity index (χ1n) is 7.04. The first kappa shape index (κ1) is 16.9. The van der Waals surface area contributed by atoms with Gasteiger partial charge in [-0.25, -0.2) is 8.42 Å². The average molecular weight is 331 g/mol. The van der Waals surface area contributed by atoms with Crippen LogP contribution in [0.2, 0.25) is 0 Å². The van der Waals surface area contributed by atoms with E-state index >= 15 is 0 Å². The van der Waals surface area contributed by atoms with Gasteiger partial charge in [-0.05, 0) is 18.2 Å². The van der Waals surface area contributed by atoms with Crippen LogP contribution in [0.3, 0.4) is 0 Å². The van der Waals surface area contributed by atoms with Gasteiger partial charge in [-0.1, -0.05) is 36.4 Å². The summed E-state index contributed by atoms with van der Waals surface area (Å²) >= 11 is 0. The number of sulfone groups is 1. The summed E-state index contributed by atoms with van der Waals surface area (Å²) in [7, 11) is -3.33. The molecule has 2 rings (SSSR count). The number of rotatable bonds is 6. The van der Waals surface area contributed by atoms with E-state index in [2.05, 4.69) is 5.32 Å². The van der Waals surface area contributed by atoms with E-state index in [1.54, 1.807) is 36.4 Å². The van der Waals surface area contributed by atoms with Crippen LogP contribution in [0.4, 0.5) is 5.69 Å². The molecule has 0 bridgehead atoms. The molecule has 0 saturated carbocycles. The second kappa shape index (κ2) is 7.19. The number of carbonyl (C=O) groups is 2. The molecule has 6 heteroatoms. The minimum atomic E-state index is -3.33. The second-order valence-corrected chi connectivity index (χ2v) is 7.15. The van der Waals surface area contributed by atoms with E-state index in [1.165, 1.54) is 12.1 Å². The molecule has 0 aromatic heterocycles. The van der Waals surface area contributed by atoms with Crippen LogP contribution in [0, 0.1) is 0 Å². The van der Waals surface area contributed by atoms with E-state index in [1.807, 2.05) is 6.07 Å². The number of nitrogens with one attached hydrogen (secondary N) is 1. The molecule has 0 spiro atoms. The quantitative estimate of drug-likeness (QED) is 0.825. The Morgan fingerprint density at radius 2 is 1.65 bits per heavy atom. The van der Waals surface area contributed by atoms with Crippen molar-refractivity contribution >= 4 is 27.2 Å². The SMILES string of the molecule is CS(=O)(=O)c1cccc(NC(=O)CCC(=O)c2ccccc2)c1. The Balaban J connectivity index is 1.94. The summed E-state index contributed by atoms with van der Waals surface area (Å²) in [4.78, 5) is 24.0. The number of ketones is 1. The van der Waals surface area contributed by atoms with Crippen molar-refractivity contribution in [2.24, 2.45) is 0 Å². The lowest BCUT2D eigenvalue weighted by Crippen LogP contribution is -2.13. The summed E-state index contributed by atoms with van der Waals surface area (Å²) in [6.45, 7) is 0. The summed E-state index contributed by atoms with van der Waals surface area (Å²) in [5.74, 6) is -0.439. The molecule has 2 aromatic rings. The number of Topliss-reactive ketones (excluding diaryl/α,β-unsaturated/α-hetero) is 1. The smallest absolute Gasteiger partial charge is 0.224 e. The van der Waals surface area contributed by atoms with E-state index < -0.39 is 9.84 Å². The van der Waals surface area contributed by atoms with Gasteiger partial charge in [-0.2, -0.15) is 0 Å². The maximum Gasteiger partial charge on any atom is 0.224 e. The molecule has 1 N–H and O–H groups in total. The Morgan fingerprint density at radius 3 is 2.30 bits per heavy atom. The summed E-state index contributed by atoms with van der Waals surface area (Å²) < 4.78 is 23.0. The lowest BCUT2D eigenvalue weighted by molar-refractivity contribution is -0.116. The zero-order chi connectivity index (χ0) is 16.9. The van der Waals surface area contributed by atoms with Gasteiger partial charge in [0.1, 0.15) is 0 Å². The van der Waals surface area contributed by atoms with Gasteiger partial charge < -0.3 is 5.32 Å². The van der Waals surface area contributed by atoms with E-state index in [4.69, 9.17) is 0 Å². The largest absolute Gasteiger partial charge is 0.326 e. The molecule has 0 radical (unpaired) electrons. The van der Waals surface area contributed by atoms with Crippen molar-refractivity contribution < 1.29 is 18.0 Å². The van der Waals surface area contributed by atoms with Gasteiger partial charge in [0.05, 0.1) is 4.90 Å². The van der Waals surface area contributed by atoms with Crippen LogP contribution < -0.4 is 5.32 Å². The summed E-state index contributed by atoms with van der Waals surface area (Å²) in [6, 6.07) is 14.8.